The topological polar surface area (TPSA) is 70.1 Å². The van der Waals surface area contributed by atoms with E-state index in [4.69, 9.17) is 4.74 Å². The molecular weight excluding hydrogens is 435 g/mol. The third-order valence-electron chi connectivity index (χ3n) is 6.06. The van der Waals surface area contributed by atoms with E-state index in [1.54, 1.807) is 0 Å². The smallest absolute Gasteiger partial charge is 0.295 e. The molecule has 7 heteroatoms. The highest BCUT2D eigenvalue weighted by molar-refractivity contribution is 6.46. The van der Waals surface area contributed by atoms with Crippen molar-refractivity contribution in [3.05, 3.63) is 70.5 Å². The van der Waals surface area contributed by atoms with Gasteiger partial charge in [-0.3, -0.25) is 9.59 Å². The van der Waals surface area contributed by atoms with Gasteiger partial charge in [0.1, 0.15) is 5.76 Å². The number of methoxy groups -OCH3 is 1. The van der Waals surface area contributed by atoms with Crippen LogP contribution in [0.1, 0.15) is 49.9 Å². The predicted octanol–water partition coefficient (Wildman–Crippen LogP) is 4.51. The van der Waals surface area contributed by atoms with Gasteiger partial charge in [-0.1, -0.05) is 45.0 Å². The van der Waals surface area contributed by atoms with Crippen molar-refractivity contribution >= 4 is 17.4 Å². The first-order chi connectivity index (χ1) is 16.0. The molecule has 0 saturated carbocycles. The van der Waals surface area contributed by atoms with Gasteiger partial charge in [-0.2, -0.15) is 0 Å². The number of aliphatic hydroxyl groups excluding tert-OH is 1. The molecule has 1 aliphatic rings. The lowest BCUT2D eigenvalue weighted by Gasteiger charge is -2.27. The molecule has 1 amide bonds. The first-order valence-electron chi connectivity index (χ1n) is 11.3. The first-order valence-corrected chi connectivity index (χ1v) is 11.3. The number of nitrogens with zero attached hydrogens (tertiary/aromatic N) is 2. The van der Waals surface area contributed by atoms with Crippen LogP contribution in [0.5, 0.6) is 5.75 Å². The number of hydrogen-bond acceptors (Lipinski definition) is 5. The fourth-order valence-corrected chi connectivity index (χ4v) is 4.15. The molecule has 1 N–H and O–H groups in total. The largest absolute Gasteiger partial charge is 0.507 e. The second kappa shape index (κ2) is 9.97. The normalized spacial score (nSPS) is 18.1. The van der Waals surface area contributed by atoms with E-state index in [9.17, 15) is 19.1 Å². The van der Waals surface area contributed by atoms with E-state index in [2.05, 4.69) is 20.8 Å². The number of carbonyl (C=O) groups excluding carboxylic acids is 2. The molecule has 0 spiro atoms. The molecule has 0 unspecified atom stereocenters. The Kier molecular flexibility index (Phi) is 7.46. The Balaban J connectivity index is 2.11. The Morgan fingerprint density at radius 3 is 2.29 bits per heavy atom. The van der Waals surface area contributed by atoms with Crippen LogP contribution in [0, 0.1) is 5.82 Å². The Bertz CT molecular complexity index is 1100. The molecule has 6 nitrogen and oxygen atoms in total. The maximum absolute atomic E-state index is 14.3. The summed E-state index contributed by atoms with van der Waals surface area (Å²) in [6.07, 6.45) is 0.661. The highest BCUT2D eigenvalue weighted by Crippen LogP contribution is 2.40. The Labute approximate surface area is 200 Å². The van der Waals surface area contributed by atoms with E-state index >= 15 is 0 Å². The summed E-state index contributed by atoms with van der Waals surface area (Å²) in [6, 6.07) is 10.9. The van der Waals surface area contributed by atoms with Crippen LogP contribution in [0.15, 0.2) is 48.0 Å². The summed E-state index contributed by atoms with van der Waals surface area (Å²) in [5.41, 5.74) is 1.83. The van der Waals surface area contributed by atoms with Crippen molar-refractivity contribution in [2.75, 3.05) is 34.3 Å². The molecule has 34 heavy (non-hydrogen) atoms. The van der Waals surface area contributed by atoms with Crippen LogP contribution in [-0.4, -0.2) is 60.9 Å². The number of aliphatic hydroxyl groups is 1. The van der Waals surface area contributed by atoms with E-state index in [1.807, 2.05) is 43.3 Å². The summed E-state index contributed by atoms with van der Waals surface area (Å²) >= 11 is 0. The Morgan fingerprint density at radius 1 is 1.12 bits per heavy atom. The van der Waals surface area contributed by atoms with Crippen LogP contribution >= 0.6 is 0 Å². The number of rotatable bonds is 7. The van der Waals surface area contributed by atoms with Crippen molar-refractivity contribution in [3.8, 4) is 5.75 Å². The quantitative estimate of drug-likeness (QED) is 0.368. The second-order valence-electron chi connectivity index (χ2n) is 9.87. The highest BCUT2D eigenvalue weighted by Gasteiger charge is 2.45. The molecule has 0 aromatic heterocycles. The van der Waals surface area contributed by atoms with Gasteiger partial charge < -0.3 is 19.6 Å². The van der Waals surface area contributed by atoms with E-state index in [0.717, 1.165) is 18.2 Å². The van der Waals surface area contributed by atoms with Crippen molar-refractivity contribution in [2.24, 2.45) is 0 Å². The van der Waals surface area contributed by atoms with Gasteiger partial charge in [0.25, 0.3) is 11.7 Å². The van der Waals surface area contributed by atoms with Crippen LogP contribution in [0.25, 0.3) is 5.76 Å². The van der Waals surface area contributed by atoms with E-state index < -0.39 is 29.3 Å². The molecule has 1 fully saturated rings. The van der Waals surface area contributed by atoms with Gasteiger partial charge in [0, 0.05) is 12.1 Å². The summed E-state index contributed by atoms with van der Waals surface area (Å²) in [4.78, 5) is 29.6. The van der Waals surface area contributed by atoms with E-state index in [1.165, 1.54) is 24.1 Å². The van der Waals surface area contributed by atoms with Crippen LogP contribution in [0.3, 0.4) is 0 Å². The number of halogens is 1. The van der Waals surface area contributed by atoms with Crippen LogP contribution in [0.4, 0.5) is 4.39 Å². The number of hydrogen-bond donors (Lipinski definition) is 1. The molecule has 1 saturated heterocycles. The summed E-state index contributed by atoms with van der Waals surface area (Å²) in [5.74, 6) is -2.49. The zero-order valence-electron chi connectivity index (χ0n) is 20.7. The zero-order valence-corrected chi connectivity index (χ0v) is 20.7. The second-order valence-corrected chi connectivity index (χ2v) is 9.87. The minimum atomic E-state index is -0.775. The molecule has 1 heterocycles. The highest BCUT2D eigenvalue weighted by atomic mass is 19.1. The number of amides is 1. The molecule has 1 atom stereocenters. The number of benzene rings is 2. The van der Waals surface area contributed by atoms with Gasteiger partial charge in [0.2, 0.25) is 0 Å². The molecule has 3 rings (SSSR count). The third-order valence-corrected chi connectivity index (χ3v) is 6.06. The minimum absolute atomic E-state index is 0.0232. The minimum Gasteiger partial charge on any atom is -0.507 e. The fourth-order valence-electron chi connectivity index (χ4n) is 4.15. The number of likely N-dealkylation sites (tertiary alicyclic amines) is 1. The molecule has 0 bridgehead atoms. The van der Waals surface area contributed by atoms with Crippen molar-refractivity contribution in [3.63, 3.8) is 0 Å². The van der Waals surface area contributed by atoms with Crippen LogP contribution < -0.4 is 4.74 Å². The SMILES string of the molecule is COc1ccc(C(O)=C2C(=O)C(=O)N(CCCN(C)C)[C@@H]2c2ccc(C(C)(C)C)cc2)cc1F. The maximum Gasteiger partial charge on any atom is 0.295 e. The van der Waals surface area contributed by atoms with E-state index in [0.29, 0.717) is 18.5 Å². The maximum atomic E-state index is 14.3. The van der Waals surface area contributed by atoms with Crippen molar-refractivity contribution in [2.45, 2.75) is 38.6 Å². The number of carbonyl (C=O) groups is 2. The fraction of sp³-hybridized carbons (Fsp3) is 0.407. The summed E-state index contributed by atoms with van der Waals surface area (Å²) in [7, 11) is 5.22. The molecular formula is C27H33FN2O4. The summed E-state index contributed by atoms with van der Waals surface area (Å²) < 4.78 is 19.3. The molecule has 2 aromatic rings. The average molecular weight is 469 g/mol. The van der Waals surface area contributed by atoms with Crippen molar-refractivity contribution in [1.29, 1.82) is 0 Å². The summed E-state index contributed by atoms with van der Waals surface area (Å²) in [5, 5.41) is 11.1. The number of ketones is 1. The zero-order chi connectivity index (χ0) is 25.2. The van der Waals surface area contributed by atoms with Gasteiger partial charge in [-0.25, -0.2) is 4.39 Å². The lowest BCUT2D eigenvalue weighted by Crippen LogP contribution is -2.32. The van der Waals surface area contributed by atoms with Crippen LogP contribution in [0.2, 0.25) is 0 Å². The molecule has 0 radical (unpaired) electrons. The van der Waals surface area contributed by atoms with Gasteiger partial charge in [-0.15, -0.1) is 0 Å². The van der Waals surface area contributed by atoms with Gasteiger partial charge in [0.05, 0.1) is 18.7 Å². The van der Waals surface area contributed by atoms with Crippen molar-refractivity contribution < 1.29 is 23.8 Å². The standard InChI is InChI=1S/C27H33FN2O4/c1-27(2,3)19-11-8-17(9-12-19)23-22(24(31)18-10-13-21(34-6)20(28)16-18)25(32)26(33)30(23)15-7-14-29(4)5/h8-13,16,23,31H,7,14-15H2,1-6H3/t23-/m1/s1. The lowest BCUT2D eigenvalue weighted by atomic mass is 9.85. The summed E-state index contributed by atoms with van der Waals surface area (Å²) in [6.45, 7) is 7.40. The molecule has 1 aliphatic heterocycles. The molecule has 0 aliphatic carbocycles. The lowest BCUT2D eigenvalue weighted by molar-refractivity contribution is -0.139. The van der Waals surface area contributed by atoms with Crippen molar-refractivity contribution in [1.82, 2.24) is 9.80 Å². The van der Waals surface area contributed by atoms with Crippen LogP contribution in [-0.2, 0) is 15.0 Å². The van der Waals surface area contributed by atoms with Gasteiger partial charge in [0.15, 0.2) is 11.6 Å². The third kappa shape index (κ3) is 5.14. The van der Waals surface area contributed by atoms with E-state index in [-0.39, 0.29) is 22.3 Å². The monoisotopic (exact) mass is 468 g/mol. The Hall–Kier alpha value is -3.19. The number of Topliss-reactive ketones (excluding diaryl/α,β-unsaturated/α-hetero) is 1. The van der Waals surface area contributed by atoms with Gasteiger partial charge in [-0.05, 0) is 61.8 Å². The number of ether oxygens (including phenoxy) is 1. The average Bonchev–Trinajstić information content (AvgIpc) is 3.02. The molecule has 2 aromatic carbocycles. The first kappa shape index (κ1) is 25.4. The predicted molar refractivity (Wildman–Crippen MR) is 130 cm³/mol. The van der Waals surface area contributed by atoms with Gasteiger partial charge >= 0.3 is 0 Å². The molecule has 182 valence electrons. The Morgan fingerprint density at radius 2 is 1.76 bits per heavy atom.